The first-order valence-corrected chi connectivity index (χ1v) is 12.5. The maximum Gasteiger partial charge on any atom is 0.265 e. The number of carbonyl (C=O) groups is 2. The monoisotopic (exact) mass is 480 g/mol. The van der Waals surface area contributed by atoms with Crippen LogP contribution in [0.4, 0.5) is 5.69 Å². The van der Waals surface area contributed by atoms with E-state index in [1.807, 2.05) is 26.0 Å². The third kappa shape index (κ3) is 4.69. The van der Waals surface area contributed by atoms with E-state index in [9.17, 15) is 18.0 Å². The van der Waals surface area contributed by atoms with Gasteiger partial charge in [-0.2, -0.15) is 4.31 Å². The molecule has 10 heteroatoms. The highest BCUT2D eigenvalue weighted by Gasteiger charge is 2.33. The SMILES string of the molecule is CCc1ccc(Cl)c(CC)c1NC(=O)C1CCN(S(=O)(=O)c2cc(C(N)=O)n(C)c2)CC1. The number of carbonyl (C=O) groups excluding carboxylic acids is 2. The van der Waals surface area contributed by atoms with Crippen molar-refractivity contribution in [2.75, 3.05) is 18.4 Å². The number of hydrogen-bond acceptors (Lipinski definition) is 4. The molecule has 1 aromatic heterocycles. The summed E-state index contributed by atoms with van der Waals surface area (Å²) in [5, 5.41) is 3.68. The van der Waals surface area contributed by atoms with Gasteiger partial charge in [-0.25, -0.2) is 8.42 Å². The molecule has 2 aromatic rings. The summed E-state index contributed by atoms with van der Waals surface area (Å²) < 4.78 is 28.7. The van der Waals surface area contributed by atoms with Crippen LogP contribution >= 0.6 is 11.6 Å². The lowest BCUT2D eigenvalue weighted by Crippen LogP contribution is -2.41. The number of halogens is 1. The lowest BCUT2D eigenvalue weighted by Gasteiger charge is -2.30. The summed E-state index contributed by atoms with van der Waals surface area (Å²) in [7, 11) is -2.21. The van der Waals surface area contributed by atoms with E-state index in [-0.39, 0.29) is 35.5 Å². The first kappa shape index (κ1) is 24.3. The minimum atomic E-state index is -3.78. The largest absolute Gasteiger partial charge is 0.364 e. The molecule has 0 saturated carbocycles. The van der Waals surface area contributed by atoms with Crippen molar-refractivity contribution < 1.29 is 18.0 Å². The molecule has 1 aliphatic rings. The summed E-state index contributed by atoms with van der Waals surface area (Å²) >= 11 is 6.33. The predicted octanol–water partition coefficient (Wildman–Crippen LogP) is 2.94. The number of aryl methyl sites for hydroxylation is 2. The fourth-order valence-electron chi connectivity index (χ4n) is 4.12. The molecule has 8 nitrogen and oxygen atoms in total. The molecule has 2 heterocycles. The Morgan fingerprint density at radius 1 is 1.19 bits per heavy atom. The van der Waals surface area contributed by atoms with Gasteiger partial charge in [0.25, 0.3) is 5.91 Å². The highest BCUT2D eigenvalue weighted by molar-refractivity contribution is 7.89. The third-order valence-electron chi connectivity index (χ3n) is 6.02. The van der Waals surface area contributed by atoms with Gasteiger partial charge in [-0.05, 0) is 48.9 Å². The number of nitrogens with one attached hydrogen (secondary N) is 1. The Hall–Kier alpha value is -2.36. The summed E-state index contributed by atoms with van der Waals surface area (Å²) in [6.07, 6.45) is 3.66. The molecule has 0 spiro atoms. The number of benzene rings is 1. The molecule has 0 aliphatic carbocycles. The van der Waals surface area contributed by atoms with E-state index in [0.29, 0.717) is 24.3 Å². The number of piperidine rings is 1. The topological polar surface area (TPSA) is 114 Å². The van der Waals surface area contributed by atoms with E-state index in [1.54, 1.807) is 7.05 Å². The first-order valence-electron chi connectivity index (χ1n) is 10.7. The fraction of sp³-hybridized carbons (Fsp3) is 0.455. The number of nitrogens with two attached hydrogens (primary N) is 1. The van der Waals surface area contributed by atoms with Gasteiger partial charge in [-0.15, -0.1) is 0 Å². The van der Waals surface area contributed by atoms with Gasteiger partial charge in [0.2, 0.25) is 15.9 Å². The van der Waals surface area contributed by atoms with Crippen LogP contribution < -0.4 is 11.1 Å². The van der Waals surface area contributed by atoms with Gasteiger partial charge >= 0.3 is 0 Å². The van der Waals surface area contributed by atoms with E-state index >= 15 is 0 Å². The van der Waals surface area contributed by atoms with Crippen LogP contribution in [0.25, 0.3) is 0 Å². The van der Waals surface area contributed by atoms with E-state index in [4.69, 9.17) is 17.3 Å². The van der Waals surface area contributed by atoms with Gasteiger partial charge in [-0.1, -0.05) is 31.5 Å². The van der Waals surface area contributed by atoms with Crippen molar-refractivity contribution in [1.82, 2.24) is 8.87 Å². The van der Waals surface area contributed by atoms with Crippen molar-refractivity contribution in [3.05, 3.63) is 46.2 Å². The second-order valence-corrected chi connectivity index (χ2v) is 10.3. The molecule has 0 unspecified atom stereocenters. The Bertz CT molecular complexity index is 1140. The minimum absolute atomic E-state index is 0.0239. The van der Waals surface area contributed by atoms with E-state index in [0.717, 1.165) is 23.2 Å². The zero-order chi connectivity index (χ0) is 23.6. The van der Waals surface area contributed by atoms with Gasteiger partial charge in [-0.3, -0.25) is 9.59 Å². The van der Waals surface area contributed by atoms with Gasteiger partial charge in [0.05, 0.1) is 0 Å². The molecule has 2 amide bonds. The van der Waals surface area contributed by atoms with Gasteiger partial charge in [0.15, 0.2) is 0 Å². The molecule has 1 fully saturated rings. The van der Waals surface area contributed by atoms with Gasteiger partial charge in [0.1, 0.15) is 10.6 Å². The van der Waals surface area contributed by atoms with Crippen LogP contribution in [0.15, 0.2) is 29.3 Å². The number of hydrogen-bond donors (Lipinski definition) is 2. The Morgan fingerprint density at radius 3 is 2.38 bits per heavy atom. The predicted molar refractivity (Wildman–Crippen MR) is 124 cm³/mol. The highest BCUT2D eigenvalue weighted by Crippen LogP contribution is 2.31. The highest BCUT2D eigenvalue weighted by atomic mass is 35.5. The number of primary amides is 1. The van der Waals surface area contributed by atoms with Crippen molar-refractivity contribution in [3.63, 3.8) is 0 Å². The third-order valence-corrected chi connectivity index (χ3v) is 8.24. The maximum absolute atomic E-state index is 13.0. The van der Waals surface area contributed by atoms with Crippen molar-refractivity contribution in [2.24, 2.45) is 18.7 Å². The van der Waals surface area contributed by atoms with Crippen LogP contribution in [-0.4, -0.2) is 42.2 Å². The van der Waals surface area contributed by atoms with E-state index in [1.165, 1.54) is 21.1 Å². The molecule has 1 aromatic carbocycles. The standard InChI is InChI=1S/C22H29ClN4O4S/c1-4-14-6-7-18(23)17(5-2)20(14)25-22(29)15-8-10-27(11-9-15)32(30,31)16-12-19(21(24)28)26(3)13-16/h6-7,12-13,15H,4-5,8-11H2,1-3H3,(H2,24,28)(H,25,29). The van der Waals surface area contributed by atoms with Gasteiger partial charge < -0.3 is 15.6 Å². The van der Waals surface area contributed by atoms with E-state index in [2.05, 4.69) is 5.32 Å². The molecule has 174 valence electrons. The number of sulfonamides is 1. The number of anilines is 1. The molecule has 0 bridgehead atoms. The molecule has 0 atom stereocenters. The average molecular weight is 481 g/mol. The Kier molecular flexibility index (Phi) is 7.32. The quantitative estimate of drug-likeness (QED) is 0.633. The number of rotatable bonds is 7. The first-order chi connectivity index (χ1) is 15.1. The van der Waals surface area contributed by atoms with Gasteiger partial charge in [0, 0.05) is 43.0 Å². The van der Waals surface area contributed by atoms with Crippen molar-refractivity contribution in [1.29, 1.82) is 0 Å². The fourth-order valence-corrected chi connectivity index (χ4v) is 5.95. The molecule has 3 N–H and O–H groups in total. The van der Waals surface area contributed by atoms with Crippen LogP contribution in [0.3, 0.4) is 0 Å². The average Bonchev–Trinajstić information content (AvgIpc) is 3.17. The molecule has 1 saturated heterocycles. The molecule has 0 radical (unpaired) electrons. The lowest BCUT2D eigenvalue weighted by atomic mass is 9.96. The molecule has 3 rings (SSSR count). The summed E-state index contributed by atoms with van der Waals surface area (Å²) in [6, 6.07) is 5.06. The van der Waals surface area contributed by atoms with Crippen molar-refractivity contribution in [3.8, 4) is 0 Å². The summed E-state index contributed by atoms with van der Waals surface area (Å²) in [6.45, 7) is 4.46. The normalized spacial score (nSPS) is 15.6. The number of aromatic nitrogens is 1. The van der Waals surface area contributed by atoms with Crippen LogP contribution in [0, 0.1) is 5.92 Å². The zero-order valence-electron chi connectivity index (χ0n) is 18.5. The summed E-state index contributed by atoms with van der Waals surface area (Å²) in [5.74, 6) is -1.11. The number of nitrogens with zero attached hydrogens (tertiary/aromatic N) is 2. The van der Waals surface area contributed by atoms with Crippen molar-refractivity contribution >= 4 is 39.1 Å². The Balaban J connectivity index is 1.71. The van der Waals surface area contributed by atoms with Crippen LogP contribution in [0.2, 0.25) is 5.02 Å². The van der Waals surface area contributed by atoms with Crippen LogP contribution in [0.5, 0.6) is 0 Å². The number of amides is 2. The summed E-state index contributed by atoms with van der Waals surface area (Å²) in [5.41, 5.74) is 8.12. The van der Waals surface area contributed by atoms with Crippen molar-refractivity contribution in [2.45, 2.75) is 44.4 Å². The van der Waals surface area contributed by atoms with Crippen LogP contribution in [-0.2, 0) is 34.7 Å². The summed E-state index contributed by atoms with van der Waals surface area (Å²) in [4.78, 5) is 24.5. The smallest absolute Gasteiger partial charge is 0.265 e. The maximum atomic E-state index is 13.0. The molecule has 32 heavy (non-hydrogen) atoms. The lowest BCUT2D eigenvalue weighted by molar-refractivity contribution is -0.120. The van der Waals surface area contributed by atoms with E-state index < -0.39 is 15.9 Å². The minimum Gasteiger partial charge on any atom is -0.364 e. The Labute approximate surface area is 193 Å². The molecular weight excluding hydrogens is 452 g/mol. The van der Waals surface area contributed by atoms with Crippen LogP contribution in [0.1, 0.15) is 48.3 Å². The molecular formula is C22H29ClN4O4S. The zero-order valence-corrected chi connectivity index (χ0v) is 20.1. The second-order valence-electron chi connectivity index (χ2n) is 7.97. The second kappa shape index (κ2) is 9.64. The Morgan fingerprint density at radius 2 is 1.84 bits per heavy atom. The molecule has 1 aliphatic heterocycles.